The maximum absolute atomic E-state index is 12.3. The topological polar surface area (TPSA) is 132 Å². The molecule has 0 saturated heterocycles. The molecule has 0 radical (unpaired) electrons. The summed E-state index contributed by atoms with van der Waals surface area (Å²) < 4.78 is 13.1. The van der Waals surface area contributed by atoms with Gasteiger partial charge in [-0.15, -0.1) is 0 Å². The van der Waals surface area contributed by atoms with E-state index in [9.17, 15) is 14.9 Å². The van der Waals surface area contributed by atoms with E-state index >= 15 is 0 Å². The van der Waals surface area contributed by atoms with E-state index in [1.807, 2.05) is 6.07 Å². The number of aromatic nitrogens is 2. The molecule has 2 aromatic carbocycles. The summed E-state index contributed by atoms with van der Waals surface area (Å²) in [6.07, 6.45) is 6.59. The summed E-state index contributed by atoms with van der Waals surface area (Å²) in [5.41, 5.74) is 1.90. The molecule has 0 aliphatic rings. The maximum Gasteiger partial charge on any atom is 0.299 e. The number of hydrogen-bond donors (Lipinski definition) is 1. The quantitative estimate of drug-likeness (QED) is 0.272. The highest BCUT2D eigenvalue weighted by Gasteiger charge is 2.17. The lowest BCUT2D eigenvalue weighted by molar-refractivity contribution is -0.384. The van der Waals surface area contributed by atoms with Crippen molar-refractivity contribution in [3.05, 3.63) is 58.1 Å². The smallest absolute Gasteiger partial charge is 0.299 e. The lowest BCUT2D eigenvalue weighted by Crippen LogP contribution is -2.21. The number of anilines is 1. The van der Waals surface area contributed by atoms with Crippen LogP contribution in [-0.4, -0.2) is 58.1 Å². The zero-order valence-corrected chi connectivity index (χ0v) is 19.4. The molecule has 0 atom stereocenters. The molecular formula is C22H25N5O5S. The van der Waals surface area contributed by atoms with Crippen LogP contribution in [-0.2, 0) is 16.3 Å². The minimum atomic E-state index is -0.715. The molecule has 11 heteroatoms. The average molecular weight is 472 g/mol. The van der Waals surface area contributed by atoms with Gasteiger partial charge in [-0.05, 0) is 49.1 Å². The van der Waals surface area contributed by atoms with Gasteiger partial charge in [0.2, 0.25) is 0 Å². The van der Waals surface area contributed by atoms with Gasteiger partial charge in [0.05, 0.1) is 34.2 Å². The first-order chi connectivity index (χ1) is 15.7. The van der Waals surface area contributed by atoms with Crippen LogP contribution in [0, 0.1) is 21.4 Å². The van der Waals surface area contributed by atoms with Crippen LogP contribution in [0.25, 0.3) is 11.0 Å². The Labute approximate surface area is 192 Å². The summed E-state index contributed by atoms with van der Waals surface area (Å²) in [6.45, 7) is 0.359. The molecule has 174 valence electrons. The molecule has 10 nitrogen and oxygen atoms in total. The molecule has 1 amide bonds. The maximum atomic E-state index is 12.3. The molecule has 1 N–H and O–H groups in total. The van der Waals surface area contributed by atoms with Crippen LogP contribution in [0.1, 0.15) is 5.56 Å². The first kappa shape index (κ1) is 24.0. The molecule has 0 saturated carbocycles. The number of benzene rings is 2. The predicted molar refractivity (Wildman–Crippen MR) is 128 cm³/mol. The lowest BCUT2D eigenvalue weighted by atomic mass is 10.2. The van der Waals surface area contributed by atoms with E-state index < -0.39 is 20.9 Å². The van der Waals surface area contributed by atoms with Gasteiger partial charge in [0.1, 0.15) is 6.73 Å². The van der Waals surface area contributed by atoms with Crippen molar-refractivity contribution in [2.45, 2.75) is 6.73 Å². The van der Waals surface area contributed by atoms with Crippen molar-refractivity contribution in [3.63, 3.8) is 0 Å². The van der Waals surface area contributed by atoms with Crippen molar-refractivity contribution in [3.8, 4) is 12.1 Å². The number of ether oxygens (including phenoxy) is 2. The van der Waals surface area contributed by atoms with E-state index in [0.29, 0.717) is 28.9 Å². The van der Waals surface area contributed by atoms with Gasteiger partial charge in [-0.1, -0.05) is 0 Å². The Morgan fingerprint density at radius 2 is 1.97 bits per heavy atom. The molecule has 0 aliphatic heterocycles. The zero-order valence-electron chi connectivity index (χ0n) is 18.6. The first-order valence-electron chi connectivity index (χ1n) is 9.97. The standard InChI is InChI=1S/C22H25N5O5S/c1-33(2,3)11-10-31-15-26-20-9-8-18(27(29)30)12-19(20)25-22(26)32-14-21(28)24-17-6-4-16(13-23)5-7-17/h4-9,12H,10-11,14-15H2,1-3H3,(H,24,28). The molecule has 0 bridgehead atoms. The Kier molecular flexibility index (Phi) is 7.52. The zero-order chi connectivity index (χ0) is 24.0. The molecule has 1 heterocycles. The Hall–Kier alpha value is -3.62. The highest BCUT2D eigenvalue weighted by Crippen LogP contribution is 2.33. The second kappa shape index (κ2) is 10.3. The third-order valence-electron chi connectivity index (χ3n) is 4.60. The Bertz CT molecular complexity index is 1190. The molecule has 0 unspecified atom stereocenters. The number of nitrogens with zero attached hydrogens (tertiary/aromatic N) is 4. The molecule has 3 aromatic rings. The molecule has 0 aliphatic carbocycles. The lowest BCUT2D eigenvalue weighted by Gasteiger charge is -2.24. The van der Waals surface area contributed by atoms with E-state index in [-0.39, 0.29) is 25.0 Å². The van der Waals surface area contributed by atoms with E-state index in [0.717, 1.165) is 5.75 Å². The molecule has 0 spiro atoms. The van der Waals surface area contributed by atoms with Gasteiger partial charge in [-0.25, -0.2) is 10.0 Å². The van der Waals surface area contributed by atoms with Crippen molar-refractivity contribution in [2.24, 2.45) is 0 Å². The summed E-state index contributed by atoms with van der Waals surface area (Å²) in [5, 5.41) is 22.7. The minimum absolute atomic E-state index is 0.0884. The number of nitro groups is 1. The molecule has 1 aromatic heterocycles. The van der Waals surface area contributed by atoms with Crippen LogP contribution >= 0.6 is 10.0 Å². The number of carbonyl (C=O) groups is 1. The summed E-state index contributed by atoms with van der Waals surface area (Å²) in [7, 11) is -0.715. The number of hydrogen-bond acceptors (Lipinski definition) is 7. The number of nitriles is 1. The third kappa shape index (κ3) is 6.68. The van der Waals surface area contributed by atoms with Gasteiger partial charge in [0, 0.05) is 23.6 Å². The number of amides is 1. The van der Waals surface area contributed by atoms with E-state index in [1.54, 1.807) is 34.9 Å². The second-order valence-corrected chi connectivity index (χ2v) is 12.7. The van der Waals surface area contributed by atoms with Crippen LogP contribution in [0.3, 0.4) is 0 Å². The van der Waals surface area contributed by atoms with Crippen LogP contribution in [0.15, 0.2) is 42.5 Å². The number of nitrogens with one attached hydrogen (secondary N) is 1. The van der Waals surface area contributed by atoms with Crippen molar-refractivity contribution >= 4 is 38.3 Å². The monoisotopic (exact) mass is 471 g/mol. The van der Waals surface area contributed by atoms with Crippen molar-refractivity contribution < 1.29 is 19.2 Å². The highest BCUT2D eigenvalue weighted by atomic mass is 32.3. The Morgan fingerprint density at radius 1 is 1.24 bits per heavy atom. The Morgan fingerprint density at radius 3 is 2.61 bits per heavy atom. The first-order valence-corrected chi connectivity index (χ1v) is 13.0. The van der Waals surface area contributed by atoms with Crippen molar-refractivity contribution in [2.75, 3.05) is 43.1 Å². The molecular weight excluding hydrogens is 446 g/mol. The van der Waals surface area contributed by atoms with Gasteiger partial charge in [-0.2, -0.15) is 10.2 Å². The van der Waals surface area contributed by atoms with Crippen LogP contribution in [0.4, 0.5) is 11.4 Å². The number of rotatable bonds is 10. The summed E-state index contributed by atoms with van der Waals surface area (Å²) in [6, 6.07) is 12.9. The van der Waals surface area contributed by atoms with Gasteiger partial charge in [-0.3, -0.25) is 19.5 Å². The number of fused-ring (bicyclic) bond motifs is 1. The molecule has 0 fully saturated rings. The molecule has 33 heavy (non-hydrogen) atoms. The minimum Gasteiger partial charge on any atom is -0.454 e. The van der Waals surface area contributed by atoms with Crippen LogP contribution in [0.2, 0.25) is 0 Å². The van der Waals surface area contributed by atoms with Gasteiger partial charge in [0.25, 0.3) is 17.6 Å². The fourth-order valence-corrected chi connectivity index (χ4v) is 3.48. The largest absolute Gasteiger partial charge is 0.454 e. The van der Waals surface area contributed by atoms with E-state index in [1.165, 1.54) is 12.1 Å². The summed E-state index contributed by atoms with van der Waals surface area (Å²) in [5.74, 6) is 0.510. The molecule has 3 rings (SSSR count). The Balaban J connectivity index is 1.73. The number of carbonyl (C=O) groups excluding carboxylic acids is 1. The summed E-state index contributed by atoms with van der Waals surface area (Å²) >= 11 is 0. The number of nitro benzene ring substituents is 1. The average Bonchev–Trinajstić information content (AvgIpc) is 3.11. The van der Waals surface area contributed by atoms with E-state index in [4.69, 9.17) is 14.7 Å². The van der Waals surface area contributed by atoms with Crippen LogP contribution < -0.4 is 10.1 Å². The second-order valence-electron chi connectivity index (χ2n) is 8.11. The van der Waals surface area contributed by atoms with Crippen molar-refractivity contribution in [1.82, 2.24) is 9.55 Å². The van der Waals surface area contributed by atoms with Crippen molar-refractivity contribution in [1.29, 1.82) is 5.26 Å². The highest BCUT2D eigenvalue weighted by molar-refractivity contribution is 8.32. The summed E-state index contributed by atoms with van der Waals surface area (Å²) in [4.78, 5) is 27.3. The van der Waals surface area contributed by atoms with Gasteiger partial charge >= 0.3 is 0 Å². The SMILES string of the molecule is CS(C)(C)CCOCn1c(OCC(=O)Nc2ccc(C#N)cc2)nc2cc([N+](=O)[O-])ccc21. The predicted octanol–water partition coefficient (Wildman–Crippen LogP) is 3.50. The number of imidazole rings is 1. The van der Waals surface area contributed by atoms with Gasteiger partial charge in [0.15, 0.2) is 6.61 Å². The number of non-ortho nitro benzene ring substituents is 1. The van der Waals surface area contributed by atoms with Crippen LogP contribution in [0.5, 0.6) is 6.01 Å². The normalized spacial score (nSPS) is 11.7. The fourth-order valence-electron chi connectivity index (χ4n) is 2.86. The fraction of sp³-hybridized carbons (Fsp3) is 0.318. The van der Waals surface area contributed by atoms with E-state index in [2.05, 4.69) is 29.1 Å². The third-order valence-corrected chi connectivity index (χ3v) is 5.99. The van der Waals surface area contributed by atoms with Gasteiger partial charge < -0.3 is 14.8 Å².